The number of rotatable bonds is 2. The van der Waals surface area contributed by atoms with Crippen LogP contribution in [0.5, 0.6) is 0 Å². The van der Waals surface area contributed by atoms with E-state index < -0.39 is 8.07 Å². The molecule has 0 saturated carbocycles. The van der Waals surface area contributed by atoms with Crippen LogP contribution < -0.4 is 0 Å². The van der Waals surface area contributed by atoms with Gasteiger partial charge in [-0.05, 0) is 0 Å². The van der Waals surface area contributed by atoms with E-state index in [1.165, 1.54) is 22.3 Å². The summed E-state index contributed by atoms with van der Waals surface area (Å²) in [6.07, 6.45) is 0. The molecular formula is C26H30Li2Si. The zero-order valence-electron chi connectivity index (χ0n) is 20.0. The number of fused-ring (bicyclic) bond motifs is 2. The van der Waals surface area contributed by atoms with Gasteiger partial charge >= 0.3 is 198 Å². The first-order valence-corrected chi connectivity index (χ1v) is 14.1. The van der Waals surface area contributed by atoms with Crippen LogP contribution in [0.3, 0.4) is 0 Å². The molecule has 2 atom stereocenters. The molecule has 140 valence electrons. The molecule has 2 aliphatic carbocycles. The van der Waals surface area contributed by atoms with Gasteiger partial charge in [0.1, 0.15) is 0 Å². The minimum atomic E-state index is -1.90. The summed E-state index contributed by atoms with van der Waals surface area (Å²) in [7, 11) is -1.90. The van der Waals surface area contributed by atoms with Crippen LogP contribution in [-0.4, -0.2) is 43.5 Å². The van der Waals surface area contributed by atoms with Crippen molar-refractivity contribution in [3.8, 4) is 0 Å². The molecule has 0 aliphatic heterocycles. The van der Waals surface area contributed by atoms with Crippen LogP contribution in [0.1, 0.15) is 67.5 Å². The Labute approximate surface area is 196 Å². The Morgan fingerprint density at radius 2 is 0.897 bits per heavy atom. The Balaban J connectivity index is 2.03. The number of allylic oxidation sites excluding steroid dienone is 2. The summed E-state index contributed by atoms with van der Waals surface area (Å²) in [6.45, 7) is 19.3. The fraction of sp³-hybridized carbons (Fsp3) is 0.385. The molecule has 0 saturated heterocycles. The van der Waals surface area contributed by atoms with Crippen LogP contribution in [0, 0.1) is 27.7 Å². The van der Waals surface area contributed by atoms with Crippen molar-refractivity contribution < 1.29 is 0 Å². The Morgan fingerprint density at radius 1 is 0.586 bits per heavy atom. The Bertz CT molecular complexity index is 1030. The second-order valence-electron chi connectivity index (χ2n) is 10.2. The van der Waals surface area contributed by atoms with Gasteiger partial charge in [0.05, 0.1) is 0 Å². The van der Waals surface area contributed by atoms with Crippen LogP contribution in [0.4, 0.5) is 0 Å². The van der Waals surface area contributed by atoms with Gasteiger partial charge in [0.25, 0.3) is 0 Å². The predicted molar refractivity (Wildman–Crippen MR) is 131 cm³/mol. The summed E-state index contributed by atoms with van der Waals surface area (Å²) in [5.41, 5.74) is 15.4. The van der Waals surface area contributed by atoms with Crippen molar-refractivity contribution in [2.24, 2.45) is 0 Å². The number of benzene rings is 2. The third-order valence-corrected chi connectivity index (χ3v) is 11.8. The Kier molecular flexibility index (Phi) is 5.35. The van der Waals surface area contributed by atoms with E-state index in [2.05, 4.69) is 114 Å². The average Bonchev–Trinajstić information content (AvgIpc) is 3.09. The zero-order valence-corrected chi connectivity index (χ0v) is 21.0. The SMILES string of the molecule is [Li][CH]1C(C)=C([Si](C)(C)C2=C(C)[CH]([Li])c3c(C)ccc(C)c32)c2c(C)ccc(C)c21. The molecule has 0 aromatic heterocycles. The molecule has 0 radical (unpaired) electrons. The average molecular weight is 384 g/mol. The molecule has 0 bridgehead atoms. The molecule has 0 heterocycles. The second-order valence-corrected chi connectivity index (χ2v) is 14.4. The molecule has 0 amide bonds. The van der Waals surface area contributed by atoms with Crippen molar-refractivity contribution in [1.82, 2.24) is 0 Å². The van der Waals surface area contributed by atoms with Crippen molar-refractivity contribution >= 4 is 53.9 Å². The normalized spacial score (nSPS) is 21.2. The van der Waals surface area contributed by atoms with Crippen LogP contribution in [-0.2, 0) is 0 Å². The number of hydrogen-bond acceptors (Lipinski definition) is 0. The minimum absolute atomic E-state index is 0.532. The van der Waals surface area contributed by atoms with Crippen molar-refractivity contribution in [1.29, 1.82) is 0 Å². The maximum atomic E-state index is 2.61. The topological polar surface area (TPSA) is 0 Å². The molecule has 2 unspecified atom stereocenters. The monoisotopic (exact) mass is 384 g/mol. The number of aryl methyl sites for hydroxylation is 4. The van der Waals surface area contributed by atoms with Gasteiger partial charge in [-0.1, -0.05) is 0 Å². The first kappa shape index (κ1) is 21.6. The maximum absolute atomic E-state index is 2.61. The summed E-state index contributed by atoms with van der Waals surface area (Å²) in [5.74, 6) is 0. The van der Waals surface area contributed by atoms with Gasteiger partial charge in [0.15, 0.2) is 0 Å². The first-order chi connectivity index (χ1) is 13.5. The van der Waals surface area contributed by atoms with E-state index in [1.54, 1.807) is 43.8 Å². The molecule has 4 rings (SSSR count). The third-order valence-electron chi connectivity index (χ3n) is 8.05. The van der Waals surface area contributed by atoms with E-state index in [0.29, 0.717) is 9.18 Å². The number of hydrogen-bond donors (Lipinski definition) is 0. The second kappa shape index (κ2) is 7.19. The van der Waals surface area contributed by atoms with E-state index in [9.17, 15) is 0 Å². The van der Waals surface area contributed by atoms with Crippen molar-refractivity contribution in [2.75, 3.05) is 0 Å². The molecule has 0 spiro atoms. The molecule has 0 nitrogen and oxygen atoms in total. The molecule has 2 aliphatic rings. The van der Waals surface area contributed by atoms with Gasteiger partial charge in [-0.2, -0.15) is 0 Å². The van der Waals surface area contributed by atoms with Gasteiger partial charge in [0, 0.05) is 0 Å². The molecular weight excluding hydrogens is 354 g/mol. The predicted octanol–water partition coefficient (Wildman–Crippen LogP) is 6.40. The molecule has 2 aromatic carbocycles. The van der Waals surface area contributed by atoms with Crippen molar-refractivity contribution in [3.05, 3.63) is 79.9 Å². The van der Waals surface area contributed by atoms with E-state index in [-0.39, 0.29) is 0 Å². The summed E-state index contributed by atoms with van der Waals surface area (Å²) in [5, 5.41) is 3.41. The van der Waals surface area contributed by atoms with Gasteiger partial charge in [-0.25, -0.2) is 0 Å². The Hall–Kier alpha value is -0.668. The fourth-order valence-electron chi connectivity index (χ4n) is 6.44. The zero-order chi connectivity index (χ0) is 21.4. The summed E-state index contributed by atoms with van der Waals surface area (Å²) in [4.78, 5) is 0. The fourth-order valence-corrected chi connectivity index (χ4v) is 11.0. The van der Waals surface area contributed by atoms with Crippen molar-refractivity contribution in [3.63, 3.8) is 0 Å². The van der Waals surface area contributed by atoms with Crippen LogP contribution in [0.2, 0.25) is 13.1 Å². The molecule has 29 heavy (non-hydrogen) atoms. The quantitative estimate of drug-likeness (QED) is 0.526. The Morgan fingerprint density at radius 3 is 1.24 bits per heavy atom. The van der Waals surface area contributed by atoms with Crippen LogP contribution >= 0.6 is 0 Å². The van der Waals surface area contributed by atoms with E-state index in [4.69, 9.17) is 0 Å². The van der Waals surface area contributed by atoms with Gasteiger partial charge in [-0.15, -0.1) is 0 Å². The van der Waals surface area contributed by atoms with E-state index >= 15 is 0 Å². The van der Waals surface area contributed by atoms with E-state index in [0.717, 1.165) is 0 Å². The van der Waals surface area contributed by atoms with Crippen molar-refractivity contribution in [2.45, 2.75) is 63.8 Å². The van der Waals surface area contributed by atoms with Gasteiger partial charge in [0.2, 0.25) is 0 Å². The van der Waals surface area contributed by atoms with E-state index in [1.807, 2.05) is 0 Å². The van der Waals surface area contributed by atoms with Gasteiger partial charge in [-0.3, -0.25) is 0 Å². The summed E-state index contributed by atoms with van der Waals surface area (Å²) < 4.78 is 1.06. The third kappa shape index (κ3) is 2.93. The van der Waals surface area contributed by atoms with Gasteiger partial charge < -0.3 is 0 Å². The molecule has 0 fully saturated rings. The first-order valence-electron chi connectivity index (χ1n) is 11.1. The summed E-state index contributed by atoms with van der Waals surface area (Å²) in [6, 6.07) is 9.32. The molecule has 0 N–H and O–H groups in total. The molecule has 2 aromatic rings. The van der Waals surface area contributed by atoms with Crippen LogP contribution in [0.25, 0.3) is 10.4 Å². The summed E-state index contributed by atoms with van der Waals surface area (Å²) >= 11 is 4.83. The molecule has 3 heteroatoms. The standard InChI is InChI=1S/C26H30Si.2Li/c1-15-9-11-17(3)23-21(15)13-19(5)25(23)27(7,8)26-20(6)14-22-16(2)10-12-18(4)24(22)26;;/h9-14H,1-8H3;;. The van der Waals surface area contributed by atoms with Crippen LogP contribution in [0.15, 0.2) is 35.4 Å².